The molecule has 0 bridgehead atoms. The molecule has 2 saturated carbocycles. The summed E-state index contributed by atoms with van der Waals surface area (Å²) in [5, 5.41) is 40.3. The predicted molar refractivity (Wildman–Crippen MR) is 175 cm³/mol. The van der Waals surface area contributed by atoms with Gasteiger partial charge in [-0.15, -0.1) is 0 Å². The van der Waals surface area contributed by atoms with Crippen LogP contribution < -0.4 is 0 Å². The van der Waals surface area contributed by atoms with Crippen LogP contribution in [0.5, 0.6) is 0 Å². The van der Waals surface area contributed by atoms with Gasteiger partial charge in [-0.25, -0.2) is 0 Å². The van der Waals surface area contributed by atoms with Crippen molar-refractivity contribution in [2.75, 3.05) is 26.4 Å². The molecule has 2 saturated heterocycles. The number of hydrogen-bond acceptors (Lipinski definition) is 6. The average Bonchev–Trinajstić information content (AvgIpc) is 3.50. The van der Waals surface area contributed by atoms with Gasteiger partial charge in [-0.2, -0.15) is 0 Å². The van der Waals surface area contributed by atoms with Crippen molar-refractivity contribution in [3.8, 4) is 0 Å². The Morgan fingerprint density at radius 2 is 0.619 bits per heavy atom. The van der Waals surface area contributed by atoms with Gasteiger partial charge in [0.05, 0.1) is 29.0 Å². The van der Waals surface area contributed by atoms with Gasteiger partial charge in [0.25, 0.3) is 0 Å². The molecule has 6 heteroatoms. The zero-order chi connectivity index (χ0) is 32.7. The fourth-order valence-electron chi connectivity index (χ4n) is 6.20. The Bertz CT molecular complexity index is 687. The molecule has 4 aliphatic rings. The van der Waals surface area contributed by atoms with Crippen molar-refractivity contribution >= 4 is 0 Å². The molecule has 4 N–H and O–H groups in total. The fourth-order valence-corrected chi connectivity index (χ4v) is 6.20. The second-order valence-electron chi connectivity index (χ2n) is 17.8. The highest BCUT2D eigenvalue weighted by atomic mass is 16.5. The summed E-state index contributed by atoms with van der Waals surface area (Å²) in [5.74, 6) is 0. The highest BCUT2D eigenvalue weighted by molar-refractivity contribution is 4.95. The number of hydrogen-bond donors (Lipinski definition) is 4. The molecular weight excluding hydrogens is 528 g/mol. The Hall–Kier alpha value is -0.240. The molecule has 2 aliphatic carbocycles. The van der Waals surface area contributed by atoms with Crippen LogP contribution in [0, 0.1) is 21.7 Å². The van der Waals surface area contributed by atoms with Gasteiger partial charge < -0.3 is 29.9 Å². The van der Waals surface area contributed by atoms with Gasteiger partial charge >= 0.3 is 0 Å². The lowest BCUT2D eigenvalue weighted by atomic mass is 9.68. The van der Waals surface area contributed by atoms with Crippen molar-refractivity contribution in [1.82, 2.24) is 0 Å². The first kappa shape index (κ1) is 39.8. The minimum Gasteiger partial charge on any atom is -0.389 e. The molecule has 0 aromatic rings. The molecule has 252 valence electrons. The molecule has 2 heterocycles. The van der Waals surface area contributed by atoms with Crippen molar-refractivity contribution in [3.05, 3.63) is 0 Å². The smallest absolute Gasteiger partial charge is 0.0949 e. The van der Waals surface area contributed by atoms with Crippen molar-refractivity contribution in [2.45, 2.75) is 183 Å². The van der Waals surface area contributed by atoms with Gasteiger partial charge in [0.2, 0.25) is 0 Å². The average molecular weight is 601 g/mol. The third-order valence-electron chi connectivity index (χ3n) is 11.0. The van der Waals surface area contributed by atoms with Gasteiger partial charge in [-0.05, 0) is 47.3 Å². The summed E-state index contributed by atoms with van der Waals surface area (Å²) >= 11 is 0. The van der Waals surface area contributed by atoms with Gasteiger partial charge in [0.1, 0.15) is 0 Å². The largest absolute Gasteiger partial charge is 0.389 e. The third-order valence-corrected chi connectivity index (χ3v) is 11.0. The predicted octanol–water partition coefficient (Wildman–Crippen LogP) is 7.82. The molecule has 0 spiro atoms. The van der Waals surface area contributed by atoms with E-state index in [1.54, 1.807) is 0 Å². The first-order chi connectivity index (χ1) is 18.8. The van der Waals surface area contributed by atoms with Gasteiger partial charge in [-0.3, -0.25) is 0 Å². The maximum atomic E-state index is 10.2. The first-order valence-corrected chi connectivity index (χ1v) is 16.9. The standard InChI is InChI=1S/C10H20O.C9H18O2.C9H18O.C8H16O2/c1-9(2,3)10(11)7-5-4-6-8-10;1-8(2,3)9(10)4-6-11-7-5-9;1-8(2,3)9(10)6-4-5-7-9;1-7(2,3)8(9)4-5-10-6-8/h11H,4-8H2,1-3H3;10H,4-7H2,1-3H3;10H,4-7H2,1-3H3;9H,4-6H2,1-3H3. The molecule has 1 unspecified atom stereocenters. The Kier molecular flexibility index (Phi) is 14.1. The molecule has 0 amide bonds. The minimum absolute atomic E-state index is 0.0171. The molecule has 6 nitrogen and oxygen atoms in total. The van der Waals surface area contributed by atoms with Crippen LogP contribution in [0.25, 0.3) is 0 Å². The van der Waals surface area contributed by atoms with Gasteiger partial charge in [0.15, 0.2) is 0 Å². The van der Waals surface area contributed by atoms with E-state index < -0.39 is 11.2 Å². The van der Waals surface area contributed by atoms with Crippen molar-refractivity contribution in [2.24, 2.45) is 21.7 Å². The molecule has 0 aromatic carbocycles. The molecule has 2 aliphatic heterocycles. The minimum atomic E-state index is -0.590. The first-order valence-electron chi connectivity index (χ1n) is 16.9. The number of ether oxygens (including phenoxy) is 2. The summed E-state index contributed by atoms with van der Waals surface area (Å²) in [6, 6.07) is 0. The summed E-state index contributed by atoms with van der Waals surface area (Å²) in [7, 11) is 0. The van der Waals surface area contributed by atoms with E-state index >= 15 is 0 Å². The second kappa shape index (κ2) is 14.9. The number of rotatable bonds is 0. The highest BCUT2D eigenvalue weighted by Crippen LogP contribution is 2.43. The lowest BCUT2D eigenvalue weighted by Crippen LogP contribution is -2.47. The van der Waals surface area contributed by atoms with Crippen molar-refractivity contribution in [3.63, 3.8) is 0 Å². The van der Waals surface area contributed by atoms with Crippen molar-refractivity contribution < 1.29 is 29.9 Å². The summed E-state index contributed by atoms with van der Waals surface area (Å²) in [4.78, 5) is 0. The summed E-state index contributed by atoms with van der Waals surface area (Å²) in [5.41, 5.74) is -1.78. The highest BCUT2D eigenvalue weighted by Gasteiger charge is 2.44. The summed E-state index contributed by atoms with van der Waals surface area (Å²) in [6.07, 6.45) is 12.4. The van der Waals surface area contributed by atoms with Crippen LogP contribution in [-0.2, 0) is 9.47 Å². The number of aliphatic hydroxyl groups is 4. The Morgan fingerprint density at radius 3 is 0.833 bits per heavy atom. The van der Waals surface area contributed by atoms with E-state index in [0.29, 0.717) is 26.4 Å². The maximum absolute atomic E-state index is 10.2. The summed E-state index contributed by atoms with van der Waals surface area (Å²) in [6.45, 7) is 27.8. The van der Waals surface area contributed by atoms with Crippen LogP contribution in [0.1, 0.15) is 160 Å². The SMILES string of the molecule is CC(C)(C)C1(O)CCCC1.CC(C)(C)C1(O)CCCCC1.CC(C)(C)C1(O)CCOC1.CC(C)(C)C1(O)CCOCC1. The molecule has 0 aromatic heterocycles. The van der Waals surface area contributed by atoms with Crippen LogP contribution in [0.2, 0.25) is 0 Å². The van der Waals surface area contributed by atoms with E-state index in [4.69, 9.17) is 9.47 Å². The fraction of sp³-hybridized carbons (Fsp3) is 1.00. The topological polar surface area (TPSA) is 99.4 Å². The molecule has 1 atom stereocenters. The maximum Gasteiger partial charge on any atom is 0.0949 e. The van der Waals surface area contributed by atoms with E-state index in [0.717, 1.165) is 44.9 Å². The molecule has 4 fully saturated rings. The normalized spacial score (nSPS) is 27.4. The Labute approximate surface area is 260 Å². The summed E-state index contributed by atoms with van der Waals surface area (Å²) < 4.78 is 10.3. The van der Waals surface area contributed by atoms with E-state index in [2.05, 4.69) is 62.3 Å². The molecular formula is C36H72O6. The van der Waals surface area contributed by atoms with Gasteiger partial charge in [-0.1, -0.05) is 115 Å². The van der Waals surface area contributed by atoms with Crippen molar-refractivity contribution in [1.29, 1.82) is 0 Å². The zero-order valence-electron chi connectivity index (χ0n) is 29.9. The van der Waals surface area contributed by atoms with Gasteiger partial charge in [0, 0.05) is 39.1 Å². The van der Waals surface area contributed by atoms with Crippen LogP contribution >= 0.6 is 0 Å². The monoisotopic (exact) mass is 601 g/mol. The van der Waals surface area contributed by atoms with E-state index in [-0.39, 0.29) is 32.9 Å². The molecule has 42 heavy (non-hydrogen) atoms. The molecule has 0 radical (unpaired) electrons. The van der Waals surface area contributed by atoms with Crippen LogP contribution in [0.3, 0.4) is 0 Å². The van der Waals surface area contributed by atoms with Crippen LogP contribution in [-0.4, -0.2) is 69.3 Å². The third kappa shape index (κ3) is 11.0. The lowest BCUT2D eigenvalue weighted by molar-refractivity contribution is -0.126. The molecule has 4 rings (SSSR count). The van der Waals surface area contributed by atoms with E-state index in [1.807, 2.05) is 20.8 Å². The van der Waals surface area contributed by atoms with E-state index in [9.17, 15) is 20.4 Å². The quantitative estimate of drug-likeness (QED) is 0.226. The van der Waals surface area contributed by atoms with E-state index in [1.165, 1.54) is 32.1 Å². The Balaban J connectivity index is 0.000000280. The zero-order valence-corrected chi connectivity index (χ0v) is 29.9. The van der Waals surface area contributed by atoms with Crippen LogP contribution in [0.4, 0.5) is 0 Å². The second-order valence-corrected chi connectivity index (χ2v) is 17.8. The van der Waals surface area contributed by atoms with Crippen LogP contribution in [0.15, 0.2) is 0 Å². The lowest BCUT2D eigenvalue weighted by Gasteiger charge is -2.43. The Morgan fingerprint density at radius 1 is 0.357 bits per heavy atom.